The molecule has 0 aromatic heterocycles. The first-order chi connectivity index (χ1) is 46.1. The van der Waals surface area contributed by atoms with E-state index in [0.29, 0.717) is 74.8 Å². The minimum Gasteiger partial charge on any atom is -0.497 e. The second-order valence-corrected chi connectivity index (χ2v) is 36.3. The van der Waals surface area contributed by atoms with Gasteiger partial charge >= 0.3 is 17.9 Å². The summed E-state index contributed by atoms with van der Waals surface area (Å²) < 4.78 is 45.8. The molecule has 15 heteroatoms. The number of carbonyl (C=O) groups excluding carboxylic acids is 5. The van der Waals surface area contributed by atoms with Crippen molar-refractivity contribution in [1.82, 2.24) is 0 Å². The van der Waals surface area contributed by atoms with Crippen LogP contribution in [0.15, 0.2) is 170 Å². The first kappa shape index (κ1) is 89.4. The number of benzene rings is 9. The number of carbonyl (C=O) groups is 5. The Kier molecular flexibility index (Phi) is 33.9. The number of ether oxygens (including phenoxy) is 7. The second-order valence-electron chi connectivity index (χ2n) is 27.5. The lowest BCUT2D eigenvalue weighted by Gasteiger charge is -2.31. The zero-order chi connectivity index (χ0) is 72.0. The molecule has 0 fully saturated rings. The number of ketones is 2. The van der Waals surface area contributed by atoms with Gasteiger partial charge in [-0.15, -0.1) is 0 Å². The number of rotatable bonds is 21. The lowest BCUT2D eigenvalue weighted by molar-refractivity contribution is 0.0718. The first-order valence-electron chi connectivity index (χ1n) is 32.7. The molecule has 0 bridgehead atoms. The van der Waals surface area contributed by atoms with Crippen molar-refractivity contribution in [2.75, 3.05) is 27.6 Å². The van der Waals surface area contributed by atoms with Crippen LogP contribution in [0.5, 0.6) is 40.2 Å². The fourth-order valence-electron chi connectivity index (χ4n) is 11.8. The second kappa shape index (κ2) is 39.1. The maximum absolute atomic E-state index is 13.3. The molecule has 0 aliphatic rings. The lowest BCUT2D eigenvalue weighted by atomic mass is 9.87. The molecule has 9 aromatic carbocycles. The van der Waals surface area contributed by atoms with Gasteiger partial charge in [0.2, 0.25) is 8.32 Å². The molecule has 9 aromatic rings. The van der Waals surface area contributed by atoms with Crippen LogP contribution in [0, 0.1) is 55.4 Å². The molecule has 0 saturated heterocycles. The van der Waals surface area contributed by atoms with Crippen molar-refractivity contribution < 1.29 is 61.2 Å². The van der Waals surface area contributed by atoms with E-state index >= 15 is 0 Å². The molecule has 0 N–H and O–H groups in total. The minimum absolute atomic E-state index is 0. The van der Waals surface area contributed by atoms with E-state index < -0.39 is 34.5 Å². The number of Topliss-reactive ketones (excluding diaryl/α,β-unsaturated/α-hetero) is 1. The van der Waals surface area contributed by atoms with E-state index in [1.54, 1.807) is 94.1 Å². The van der Waals surface area contributed by atoms with Crippen LogP contribution in [0.2, 0.25) is 32.7 Å². The van der Waals surface area contributed by atoms with Crippen LogP contribution in [-0.2, 0) is 22.4 Å². The predicted molar refractivity (Wildman–Crippen MR) is 429 cm³/mol. The van der Waals surface area contributed by atoms with Crippen molar-refractivity contribution in [3.63, 3.8) is 0 Å². The zero-order valence-corrected chi connectivity index (χ0v) is 62.6. The molecule has 0 saturated carbocycles. The van der Waals surface area contributed by atoms with Gasteiger partial charge in [-0.3, -0.25) is 9.59 Å². The van der Waals surface area contributed by atoms with Crippen molar-refractivity contribution in [2.45, 2.75) is 171 Å². The van der Waals surface area contributed by atoms with Crippen molar-refractivity contribution in [3.8, 4) is 40.2 Å². The molecular formula is C88H114O13Si2. The number of methoxy groups -OCH3 is 3. The summed E-state index contributed by atoms with van der Waals surface area (Å²) in [5, 5.41) is 0. The summed E-state index contributed by atoms with van der Waals surface area (Å²) in [6.07, 6.45) is 1.91. The van der Waals surface area contributed by atoms with Crippen LogP contribution in [0.3, 0.4) is 0 Å². The van der Waals surface area contributed by atoms with Gasteiger partial charge in [-0.05, 0) is 246 Å². The van der Waals surface area contributed by atoms with Gasteiger partial charge in [-0.1, -0.05) is 161 Å². The Hall–Kier alpha value is -9.68. The Labute approximate surface area is 618 Å². The monoisotopic (exact) mass is 1430 g/mol. The highest BCUT2D eigenvalue weighted by molar-refractivity contribution is 6.84. The summed E-state index contributed by atoms with van der Waals surface area (Å²) in [5.74, 6) is 2.83. The molecule has 103 heavy (non-hydrogen) atoms. The van der Waals surface area contributed by atoms with Crippen LogP contribution in [0.4, 0.5) is 0 Å². The summed E-state index contributed by atoms with van der Waals surface area (Å²) >= 11 is 0. The molecule has 0 unspecified atom stereocenters. The Morgan fingerprint density at radius 2 is 0.718 bits per heavy atom. The minimum atomic E-state index is -1.91. The summed E-state index contributed by atoms with van der Waals surface area (Å²) in [6, 6.07) is 51.8. The highest BCUT2D eigenvalue weighted by Gasteiger charge is 2.31. The average Bonchev–Trinajstić information content (AvgIpc) is 0.819. The van der Waals surface area contributed by atoms with Crippen molar-refractivity contribution in [2.24, 2.45) is 0 Å². The molecule has 0 radical (unpaired) electrons. The summed E-state index contributed by atoms with van der Waals surface area (Å²) in [4.78, 5) is 63.7. The van der Waals surface area contributed by atoms with E-state index in [2.05, 4.69) is 77.8 Å². The van der Waals surface area contributed by atoms with E-state index in [1.165, 1.54) is 18.1 Å². The van der Waals surface area contributed by atoms with Gasteiger partial charge in [0.1, 0.15) is 46.5 Å². The Morgan fingerprint density at radius 3 is 1.03 bits per heavy atom. The lowest BCUT2D eigenvalue weighted by Crippen LogP contribution is -2.46. The molecule has 9 rings (SSSR count). The maximum Gasteiger partial charge on any atom is 0.343 e. The number of hydrogen-bond donors (Lipinski definition) is 0. The number of aryl methyl sites for hydroxylation is 8. The normalized spacial score (nSPS) is 10.7. The third kappa shape index (κ3) is 25.1. The molecule has 13 nitrogen and oxygen atoms in total. The van der Waals surface area contributed by atoms with E-state index in [9.17, 15) is 24.0 Å². The van der Waals surface area contributed by atoms with Gasteiger partial charge in [-0.25, -0.2) is 14.4 Å². The Bertz CT molecular complexity index is 4240. The standard InChI is InChI=1S/C52H50O8.C20H28O4Si2.C11H16O.5CH4/c1-29-19-38(20-30(2)46(29)57-10)27-39-21-31(3)48(32(4)22-39)59-51(55)44-15-17-45(18-16-44)52(56)60-49-35(7)25-41(26-36(49)8)28-40-23-33(5)47(34(6)24-40)58-50(54)43-13-11-42(12-14-43)37(9)53;1-22-19-14-17(23-15-26(5,6)24-25(2,3)4)12-13-18(19)20(21)16-10-8-7-9-11-16;1-11(2,3)9-5-7-10(12-4)8-6-9;;;;;/h11-26H,27-28H2,1-10H3;7-14H,15H2,1-6H3;5-8H,1-4H3;5*1H4. The van der Waals surface area contributed by atoms with E-state index in [-0.39, 0.29) is 54.1 Å². The smallest absolute Gasteiger partial charge is 0.343 e. The topological polar surface area (TPSA) is 159 Å². The number of hydrogen-bond acceptors (Lipinski definition) is 13. The molecule has 0 amide bonds. The molecule has 0 heterocycles. The summed E-state index contributed by atoms with van der Waals surface area (Å²) in [5.41, 5.74) is 15.7. The molecular weight excluding hydrogens is 1320 g/mol. The van der Waals surface area contributed by atoms with E-state index in [4.69, 9.17) is 37.3 Å². The van der Waals surface area contributed by atoms with Crippen LogP contribution < -0.4 is 33.2 Å². The van der Waals surface area contributed by atoms with Gasteiger partial charge in [0.25, 0.3) is 0 Å². The largest absolute Gasteiger partial charge is 0.497 e. The fourth-order valence-corrected chi connectivity index (χ4v) is 19.2. The van der Waals surface area contributed by atoms with Crippen LogP contribution in [0.1, 0.15) is 195 Å². The number of esters is 3. The molecule has 0 spiro atoms. The Balaban J connectivity index is 0.000000691. The van der Waals surface area contributed by atoms with Crippen molar-refractivity contribution in [1.29, 1.82) is 0 Å². The Morgan fingerprint density at radius 1 is 0.379 bits per heavy atom. The van der Waals surface area contributed by atoms with Crippen molar-refractivity contribution in [3.05, 3.63) is 276 Å². The molecule has 0 atom stereocenters. The van der Waals surface area contributed by atoms with Gasteiger partial charge in [-0.2, -0.15) is 0 Å². The first-order valence-corrected chi connectivity index (χ1v) is 39.3. The molecule has 552 valence electrons. The quantitative estimate of drug-likeness (QED) is 0.0290. The molecule has 0 aliphatic carbocycles. The fraction of sp³-hybridized carbons (Fsp3) is 0.330. The predicted octanol–water partition coefficient (Wildman–Crippen LogP) is 22.3. The average molecular weight is 1440 g/mol. The third-order valence-electron chi connectivity index (χ3n) is 16.1. The maximum atomic E-state index is 13.3. The highest BCUT2D eigenvalue weighted by atomic mass is 28.4. The highest BCUT2D eigenvalue weighted by Crippen LogP contribution is 2.34. The van der Waals surface area contributed by atoms with Crippen LogP contribution in [-0.4, -0.2) is 73.7 Å². The summed E-state index contributed by atoms with van der Waals surface area (Å²) in [6.45, 7) is 34.5. The SMILES string of the molecule is C.C.C.C.C.COc1c(C)cc(Cc2cc(C)c(OC(=O)c3ccc(C(=O)Oc4c(C)cc(Cc5cc(C)c(OC(=O)c6ccc(C(C)=O)cc6)c(C)c5)cc4C)cc3)c(C)c2)cc1C.COc1cc(OC[Si](C)(C)O[Si](C)(C)C)ccc1C(=O)c1ccccc1.COc1ccc(C(C)(C)C)cc1. The van der Waals surface area contributed by atoms with Crippen molar-refractivity contribution >= 4 is 46.1 Å². The van der Waals surface area contributed by atoms with Crippen LogP contribution in [0.25, 0.3) is 0 Å². The van der Waals surface area contributed by atoms with Gasteiger partial charge < -0.3 is 37.3 Å². The van der Waals surface area contributed by atoms with E-state index in [1.807, 2.05) is 128 Å². The van der Waals surface area contributed by atoms with Crippen LogP contribution >= 0.6 is 0 Å². The zero-order valence-electron chi connectivity index (χ0n) is 60.6. The van der Waals surface area contributed by atoms with E-state index in [0.717, 1.165) is 79.1 Å². The summed E-state index contributed by atoms with van der Waals surface area (Å²) in [7, 11) is 1.43. The van der Waals surface area contributed by atoms with Gasteiger partial charge in [0.15, 0.2) is 19.9 Å². The third-order valence-corrected chi connectivity index (χ3v) is 21.6. The van der Waals surface area contributed by atoms with Gasteiger partial charge in [0, 0.05) is 17.2 Å². The van der Waals surface area contributed by atoms with Gasteiger partial charge in [0.05, 0.1) is 43.6 Å². The molecule has 0 aliphatic heterocycles.